The van der Waals surface area contributed by atoms with Crippen molar-refractivity contribution in [2.45, 2.75) is 6.61 Å². The molecule has 29 heavy (non-hydrogen) atoms. The van der Waals surface area contributed by atoms with Crippen LogP contribution in [-0.2, 0) is 26.2 Å². The second kappa shape index (κ2) is 9.87. The van der Waals surface area contributed by atoms with Crippen LogP contribution in [0.2, 0.25) is 0 Å². The lowest BCUT2D eigenvalue weighted by atomic mass is 10.2. The molecule has 0 atom stereocenters. The van der Waals surface area contributed by atoms with Crippen LogP contribution in [0.4, 0.5) is 0 Å². The SMILES string of the molecule is CS(=O)(=O)N1CCN(CCNC(=O)COCc2nc(-c3ccncc3)no2)CC1. The first-order valence-electron chi connectivity index (χ1n) is 9.17. The number of amides is 1. The smallest absolute Gasteiger partial charge is 0.252 e. The maximum absolute atomic E-state index is 11.9. The van der Waals surface area contributed by atoms with Crippen molar-refractivity contribution in [3.63, 3.8) is 0 Å². The Morgan fingerprint density at radius 2 is 1.97 bits per heavy atom. The number of carbonyl (C=O) groups excluding carboxylic acids is 1. The maximum Gasteiger partial charge on any atom is 0.252 e. The molecule has 1 aliphatic heterocycles. The minimum atomic E-state index is -3.13. The molecule has 12 heteroatoms. The average molecular weight is 424 g/mol. The van der Waals surface area contributed by atoms with Crippen LogP contribution in [0.5, 0.6) is 0 Å². The van der Waals surface area contributed by atoms with E-state index in [4.69, 9.17) is 9.26 Å². The van der Waals surface area contributed by atoms with Crippen molar-refractivity contribution < 1.29 is 22.5 Å². The number of hydrogen-bond donors (Lipinski definition) is 1. The molecular weight excluding hydrogens is 400 g/mol. The number of nitrogens with zero attached hydrogens (tertiary/aromatic N) is 5. The Hall–Kier alpha value is -2.41. The molecule has 1 aliphatic rings. The number of rotatable bonds is 9. The highest BCUT2D eigenvalue weighted by Crippen LogP contribution is 2.14. The quantitative estimate of drug-likeness (QED) is 0.557. The molecule has 158 valence electrons. The number of aromatic nitrogens is 3. The molecule has 2 aromatic heterocycles. The molecular formula is C17H24N6O5S. The monoisotopic (exact) mass is 424 g/mol. The number of piperazine rings is 1. The van der Waals surface area contributed by atoms with Crippen molar-refractivity contribution >= 4 is 15.9 Å². The normalized spacial score (nSPS) is 16.0. The summed E-state index contributed by atoms with van der Waals surface area (Å²) in [5.74, 6) is 0.480. The number of pyridine rings is 1. The molecule has 0 saturated carbocycles. The number of carbonyl (C=O) groups is 1. The number of hydrogen-bond acceptors (Lipinski definition) is 9. The molecule has 0 radical (unpaired) electrons. The van der Waals surface area contributed by atoms with Gasteiger partial charge in [0, 0.05) is 57.2 Å². The van der Waals surface area contributed by atoms with E-state index >= 15 is 0 Å². The van der Waals surface area contributed by atoms with Gasteiger partial charge < -0.3 is 14.6 Å². The third kappa shape index (κ3) is 6.56. The summed E-state index contributed by atoms with van der Waals surface area (Å²) in [4.78, 5) is 22.1. The van der Waals surface area contributed by atoms with Crippen molar-refractivity contribution in [1.82, 2.24) is 29.6 Å². The summed E-state index contributed by atoms with van der Waals surface area (Å²) < 4.78 is 34.9. The summed E-state index contributed by atoms with van der Waals surface area (Å²) in [6, 6.07) is 3.54. The summed E-state index contributed by atoms with van der Waals surface area (Å²) in [5, 5.41) is 6.64. The highest BCUT2D eigenvalue weighted by atomic mass is 32.2. The first kappa shape index (κ1) is 21.3. The molecule has 0 bridgehead atoms. The van der Waals surface area contributed by atoms with Gasteiger partial charge in [0.2, 0.25) is 21.8 Å². The van der Waals surface area contributed by atoms with Crippen molar-refractivity contribution in [3.8, 4) is 11.4 Å². The van der Waals surface area contributed by atoms with E-state index in [0.717, 1.165) is 5.56 Å². The molecule has 0 aliphatic carbocycles. The molecule has 1 saturated heterocycles. The van der Waals surface area contributed by atoms with Gasteiger partial charge in [0.05, 0.1) is 6.26 Å². The fourth-order valence-electron chi connectivity index (χ4n) is 2.85. The Morgan fingerprint density at radius 1 is 1.24 bits per heavy atom. The van der Waals surface area contributed by atoms with Gasteiger partial charge in [-0.15, -0.1) is 0 Å². The molecule has 1 amide bonds. The molecule has 1 N–H and O–H groups in total. The summed E-state index contributed by atoms with van der Waals surface area (Å²) in [7, 11) is -3.13. The molecule has 0 aromatic carbocycles. The number of sulfonamides is 1. The number of nitrogens with one attached hydrogen (secondary N) is 1. The second-order valence-electron chi connectivity index (χ2n) is 6.59. The summed E-state index contributed by atoms with van der Waals surface area (Å²) in [5.41, 5.74) is 0.783. The first-order valence-corrected chi connectivity index (χ1v) is 11.0. The Morgan fingerprint density at radius 3 is 2.66 bits per heavy atom. The zero-order valence-corrected chi connectivity index (χ0v) is 17.0. The largest absolute Gasteiger partial charge is 0.362 e. The minimum absolute atomic E-state index is 0.0406. The maximum atomic E-state index is 11.9. The van der Waals surface area contributed by atoms with Crippen LogP contribution in [0.25, 0.3) is 11.4 Å². The van der Waals surface area contributed by atoms with Crippen molar-refractivity contribution in [3.05, 3.63) is 30.4 Å². The minimum Gasteiger partial charge on any atom is -0.362 e. The van der Waals surface area contributed by atoms with Gasteiger partial charge in [-0.05, 0) is 12.1 Å². The highest BCUT2D eigenvalue weighted by molar-refractivity contribution is 7.88. The van der Waals surface area contributed by atoms with Crippen molar-refractivity contribution in [1.29, 1.82) is 0 Å². The molecule has 1 fully saturated rings. The van der Waals surface area contributed by atoms with Gasteiger partial charge in [-0.2, -0.15) is 9.29 Å². The fraction of sp³-hybridized carbons (Fsp3) is 0.529. The van der Waals surface area contributed by atoms with Crippen molar-refractivity contribution in [2.24, 2.45) is 0 Å². The lowest BCUT2D eigenvalue weighted by Crippen LogP contribution is -2.50. The van der Waals surface area contributed by atoms with Gasteiger partial charge in [-0.1, -0.05) is 5.16 Å². The van der Waals surface area contributed by atoms with Crippen LogP contribution >= 0.6 is 0 Å². The van der Waals surface area contributed by atoms with Crippen LogP contribution in [0.15, 0.2) is 29.0 Å². The Bertz CT molecular complexity index is 896. The van der Waals surface area contributed by atoms with Crippen LogP contribution in [0.3, 0.4) is 0 Å². The van der Waals surface area contributed by atoms with Gasteiger partial charge in [-0.25, -0.2) is 8.42 Å². The molecule has 2 aromatic rings. The molecule has 0 spiro atoms. The topological polar surface area (TPSA) is 131 Å². The Balaban J connectivity index is 1.30. The zero-order valence-electron chi connectivity index (χ0n) is 16.2. The van der Waals surface area contributed by atoms with Crippen molar-refractivity contribution in [2.75, 3.05) is 52.1 Å². The lowest BCUT2D eigenvalue weighted by molar-refractivity contribution is -0.126. The van der Waals surface area contributed by atoms with E-state index in [0.29, 0.717) is 45.1 Å². The first-order chi connectivity index (χ1) is 13.9. The molecule has 11 nitrogen and oxygen atoms in total. The molecule has 3 rings (SSSR count). The van der Waals surface area contributed by atoms with Crippen LogP contribution in [0, 0.1) is 0 Å². The van der Waals surface area contributed by atoms with Gasteiger partial charge >= 0.3 is 0 Å². The second-order valence-corrected chi connectivity index (χ2v) is 8.58. The van der Waals surface area contributed by atoms with E-state index in [2.05, 4.69) is 25.3 Å². The molecule has 0 unspecified atom stereocenters. The zero-order chi connectivity index (χ0) is 20.7. The van der Waals surface area contributed by atoms with Gasteiger partial charge in [0.15, 0.2) is 0 Å². The van der Waals surface area contributed by atoms with Crippen LogP contribution in [0.1, 0.15) is 5.89 Å². The third-order valence-electron chi connectivity index (χ3n) is 4.42. The average Bonchev–Trinajstić information content (AvgIpc) is 3.17. The van der Waals surface area contributed by atoms with E-state index in [1.54, 1.807) is 24.5 Å². The van der Waals surface area contributed by atoms with E-state index in [1.165, 1.54) is 10.6 Å². The molecule has 3 heterocycles. The number of ether oxygens (including phenoxy) is 1. The van der Waals surface area contributed by atoms with E-state index in [9.17, 15) is 13.2 Å². The van der Waals surface area contributed by atoms with Gasteiger partial charge in [0.1, 0.15) is 13.2 Å². The summed E-state index contributed by atoms with van der Waals surface area (Å²) >= 11 is 0. The van der Waals surface area contributed by atoms with E-state index in [-0.39, 0.29) is 25.0 Å². The predicted molar refractivity (Wildman–Crippen MR) is 103 cm³/mol. The third-order valence-corrected chi connectivity index (χ3v) is 5.72. The van der Waals surface area contributed by atoms with E-state index < -0.39 is 10.0 Å². The highest BCUT2D eigenvalue weighted by Gasteiger charge is 2.22. The summed E-state index contributed by atoms with van der Waals surface area (Å²) in [6.07, 6.45) is 4.49. The summed E-state index contributed by atoms with van der Waals surface area (Å²) in [6.45, 7) is 3.29. The van der Waals surface area contributed by atoms with Crippen LogP contribution < -0.4 is 5.32 Å². The Kier molecular flexibility index (Phi) is 7.25. The standard InChI is InChI=1S/C17H24N6O5S/c1-29(25,26)23-10-8-22(9-11-23)7-6-19-15(24)12-27-13-16-20-17(21-28-16)14-2-4-18-5-3-14/h2-5H,6-13H2,1H3,(H,19,24). The van der Waals surface area contributed by atoms with Gasteiger partial charge in [0.25, 0.3) is 5.89 Å². The predicted octanol–water partition coefficient (Wildman–Crippen LogP) is -0.658. The lowest BCUT2D eigenvalue weighted by Gasteiger charge is -2.33. The Labute approximate surface area is 169 Å². The van der Waals surface area contributed by atoms with E-state index in [1.807, 2.05) is 0 Å². The van der Waals surface area contributed by atoms with Gasteiger partial charge in [-0.3, -0.25) is 14.7 Å². The van der Waals surface area contributed by atoms with Crippen LogP contribution in [-0.4, -0.2) is 90.8 Å². The fourth-order valence-corrected chi connectivity index (χ4v) is 3.68.